The lowest BCUT2D eigenvalue weighted by Crippen LogP contribution is -2.34. The Bertz CT molecular complexity index is 463. The van der Waals surface area contributed by atoms with Gasteiger partial charge in [-0.1, -0.05) is 19.9 Å². The van der Waals surface area contributed by atoms with E-state index in [0.717, 1.165) is 17.9 Å². The highest BCUT2D eigenvalue weighted by atomic mass is 127. The van der Waals surface area contributed by atoms with Crippen molar-refractivity contribution in [3.8, 4) is 5.75 Å². The van der Waals surface area contributed by atoms with E-state index in [2.05, 4.69) is 43.2 Å². The average Bonchev–Trinajstić information content (AvgIpc) is 2.43. The maximum Gasteiger partial charge on any atom is 0.193 e. The quantitative estimate of drug-likeness (QED) is 0.405. The second-order valence-corrected chi connectivity index (χ2v) is 5.83. The van der Waals surface area contributed by atoms with Crippen molar-refractivity contribution >= 4 is 35.6 Å². The Labute approximate surface area is 151 Å². The number of methoxy groups -OCH3 is 1. The van der Waals surface area contributed by atoms with Crippen LogP contribution in [0.15, 0.2) is 29.3 Å². The van der Waals surface area contributed by atoms with Gasteiger partial charge in [-0.05, 0) is 38.6 Å². The first-order valence-corrected chi connectivity index (χ1v) is 7.29. The summed E-state index contributed by atoms with van der Waals surface area (Å²) in [5.41, 5.74) is 6.83. The summed E-state index contributed by atoms with van der Waals surface area (Å²) in [6.45, 7) is 5.13. The molecule has 1 rings (SSSR count). The molecular weight excluding hydrogens is 391 g/mol. The molecule has 0 aromatic heterocycles. The number of rotatable bonds is 7. The Hall–Kier alpha value is -1.02. The second kappa shape index (κ2) is 10.7. The lowest BCUT2D eigenvalue weighted by Gasteiger charge is -2.24. The van der Waals surface area contributed by atoms with Gasteiger partial charge in [0, 0.05) is 17.8 Å². The van der Waals surface area contributed by atoms with Crippen molar-refractivity contribution in [2.24, 2.45) is 16.6 Å². The van der Waals surface area contributed by atoms with Crippen molar-refractivity contribution in [3.05, 3.63) is 24.3 Å². The number of aliphatic imine (C=N–C) groups is 1. The van der Waals surface area contributed by atoms with E-state index in [1.807, 2.05) is 24.3 Å². The molecular formula is C16H29IN4O. The summed E-state index contributed by atoms with van der Waals surface area (Å²) in [5, 5.41) is 3.09. The van der Waals surface area contributed by atoms with Crippen molar-refractivity contribution in [3.63, 3.8) is 0 Å². The molecule has 1 atom stereocenters. The van der Waals surface area contributed by atoms with Crippen LogP contribution in [-0.2, 0) is 0 Å². The van der Waals surface area contributed by atoms with Crippen LogP contribution in [-0.4, -0.2) is 44.7 Å². The van der Waals surface area contributed by atoms with E-state index in [1.165, 1.54) is 0 Å². The number of hydrogen-bond acceptors (Lipinski definition) is 3. The molecule has 0 bridgehead atoms. The molecule has 0 heterocycles. The first-order chi connectivity index (χ1) is 9.92. The Kier molecular flexibility index (Phi) is 10.2. The zero-order chi connectivity index (χ0) is 15.8. The number of nitrogens with two attached hydrogens (primary N) is 1. The van der Waals surface area contributed by atoms with Gasteiger partial charge in [0.2, 0.25) is 0 Å². The molecule has 22 heavy (non-hydrogen) atoms. The van der Waals surface area contributed by atoms with Gasteiger partial charge in [-0.3, -0.25) is 4.99 Å². The van der Waals surface area contributed by atoms with E-state index in [4.69, 9.17) is 10.5 Å². The summed E-state index contributed by atoms with van der Waals surface area (Å²) in [7, 11) is 5.80. The third-order valence-corrected chi connectivity index (χ3v) is 3.29. The molecule has 0 saturated carbocycles. The summed E-state index contributed by atoms with van der Waals surface area (Å²) in [4.78, 5) is 6.65. The van der Waals surface area contributed by atoms with E-state index in [0.29, 0.717) is 24.5 Å². The third kappa shape index (κ3) is 7.84. The van der Waals surface area contributed by atoms with Crippen LogP contribution in [0.3, 0.4) is 0 Å². The minimum Gasteiger partial charge on any atom is -0.497 e. The van der Waals surface area contributed by atoms with Crippen LogP contribution in [0.5, 0.6) is 5.75 Å². The highest BCUT2D eigenvalue weighted by molar-refractivity contribution is 14.0. The smallest absolute Gasteiger partial charge is 0.193 e. The van der Waals surface area contributed by atoms with Gasteiger partial charge in [-0.25, -0.2) is 0 Å². The van der Waals surface area contributed by atoms with Crippen LogP contribution < -0.4 is 15.8 Å². The number of likely N-dealkylation sites (N-methyl/N-ethyl adjacent to an activating group) is 1. The maximum atomic E-state index is 5.96. The predicted molar refractivity (Wildman–Crippen MR) is 105 cm³/mol. The van der Waals surface area contributed by atoms with E-state index in [1.54, 1.807) is 7.11 Å². The topological polar surface area (TPSA) is 62.9 Å². The van der Waals surface area contributed by atoms with Crippen LogP contribution in [0.1, 0.15) is 20.3 Å². The molecule has 3 N–H and O–H groups in total. The molecule has 0 saturated heterocycles. The predicted octanol–water partition coefficient (Wildman–Crippen LogP) is 3.02. The molecule has 0 aliphatic rings. The Morgan fingerprint density at radius 3 is 2.59 bits per heavy atom. The molecule has 1 aromatic carbocycles. The molecule has 1 aromatic rings. The number of nitrogens with one attached hydrogen (secondary N) is 1. The number of hydrogen-bond donors (Lipinski definition) is 2. The number of benzene rings is 1. The summed E-state index contributed by atoms with van der Waals surface area (Å²) in [6.07, 6.45) is 1.10. The summed E-state index contributed by atoms with van der Waals surface area (Å²) >= 11 is 0. The fraction of sp³-hybridized carbons (Fsp3) is 0.562. The number of nitrogens with zero attached hydrogens (tertiary/aromatic N) is 2. The lowest BCUT2D eigenvalue weighted by molar-refractivity contribution is 0.261. The molecule has 0 spiro atoms. The van der Waals surface area contributed by atoms with Gasteiger partial charge in [0.25, 0.3) is 0 Å². The van der Waals surface area contributed by atoms with Crippen molar-refractivity contribution in [1.29, 1.82) is 0 Å². The molecule has 0 radical (unpaired) electrons. The average molecular weight is 420 g/mol. The van der Waals surface area contributed by atoms with E-state index >= 15 is 0 Å². The van der Waals surface area contributed by atoms with E-state index < -0.39 is 0 Å². The van der Waals surface area contributed by atoms with Gasteiger partial charge < -0.3 is 20.7 Å². The van der Waals surface area contributed by atoms with Gasteiger partial charge in [0.05, 0.1) is 13.7 Å². The molecule has 0 aliphatic carbocycles. The minimum absolute atomic E-state index is 0. The van der Waals surface area contributed by atoms with Gasteiger partial charge in [-0.2, -0.15) is 0 Å². The molecule has 5 nitrogen and oxygen atoms in total. The van der Waals surface area contributed by atoms with Crippen molar-refractivity contribution in [1.82, 2.24) is 4.90 Å². The van der Waals surface area contributed by atoms with Crippen LogP contribution >= 0.6 is 24.0 Å². The molecule has 0 amide bonds. The summed E-state index contributed by atoms with van der Waals surface area (Å²) < 4.78 is 5.18. The Balaban J connectivity index is 0.00000441. The second-order valence-electron chi connectivity index (χ2n) is 5.83. The standard InChI is InChI=1S/C16H28N4O.HI/c1-12(2)9-14(20(3)4)11-18-16(17)19-13-7-6-8-15(10-13)21-5;/h6-8,10,12,14H,9,11H2,1-5H3,(H3,17,18,19);1H. The number of halogens is 1. The molecule has 126 valence electrons. The van der Waals surface area contributed by atoms with Gasteiger partial charge in [-0.15, -0.1) is 24.0 Å². The third-order valence-electron chi connectivity index (χ3n) is 3.29. The van der Waals surface area contributed by atoms with Crippen LogP contribution in [0, 0.1) is 5.92 Å². The van der Waals surface area contributed by atoms with Crippen LogP contribution in [0.25, 0.3) is 0 Å². The summed E-state index contributed by atoms with van der Waals surface area (Å²) in [6, 6.07) is 8.03. The largest absolute Gasteiger partial charge is 0.497 e. The van der Waals surface area contributed by atoms with E-state index in [-0.39, 0.29) is 24.0 Å². The first-order valence-electron chi connectivity index (χ1n) is 7.29. The normalized spacial score (nSPS) is 13.0. The highest BCUT2D eigenvalue weighted by Crippen LogP contribution is 2.16. The van der Waals surface area contributed by atoms with Gasteiger partial charge in [0.1, 0.15) is 5.75 Å². The van der Waals surface area contributed by atoms with Crippen LogP contribution in [0.2, 0.25) is 0 Å². The fourth-order valence-electron chi connectivity index (χ4n) is 2.08. The number of anilines is 1. The van der Waals surface area contributed by atoms with Gasteiger partial charge >= 0.3 is 0 Å². The van der Waals surface area contributed by atoms with Crippen molar-refractivity contribution < 1.29 is 4.74 Å². The minimum atomic E-state index is 0. The molecule has 0 fully saturated rings. The summed E-state index contributed by atoms with van der Waals surface area (Å²) in [5.74, 6) is 1.86. The van der Waals surface area contributed by atoms with Crippen molar-refractivity contribution in [2.45, 2.75) is 26.3 Å². The van der Waals surface area contributed by atoms with Crippen LogP contribution in [0.4, 0.5) is 5.69 Å². The first kappa shape index (κ1) is 21.0. The van der Waals surface area contributed by atoms with Gasteiger partial charge in [0.15, 0.2) is 5.96 Å². The fourth-order valence-corrected chi connectivity index (χ4v) is 2.08. The maximum absolute atomic E-state index is 5.96. The Morgan fingerprint density at radius 2 is 2.05 bits per heavy atom. The number of guanidine groups is 1. The molecule has 0 aliphatic heterocycles. The zero-order valence-corrected chi connectivity index (χ0v) is 16.5. The van der Waals surface area contributed by atoms with Crippen molar-refractivity contribution in [2.75, 3.05) is 33.1 Å². The number of ether oxygens (including phenoxy) is 1. The zero-order valence-electron chi connectivity index (χ0n) is 14.2. The highest BCUT2D eigenvalue weighted by Gasteiger charge is 2.12. The van der Waals surface area contributed by atoms with E-state index in [9.17, 15) is 0 Å². The molecule has 6 heteroatoms. The SMILES string of the molecule is COc1cccc(NC(N)=NCC(CC(C)C)N(C)C)c1.I. The molecule has 1 unspecified atom stereocenters. The monoisotopic (exact) mass is 420 g/mol. The Morgan fingerprint density at radius 1 is 1.36 bits per heavy atom. The lowest BCUT2D eigenvalue weighted by atomic mass is 10.0.